The Kier molecular flexibility index (Phi) is 3.61. The van der Waals surface area contributed by atoms with Crippen molar-refractivity contribution in [3.8, 4) is 0 Å². The molecule has 1 rings (SSSR count). The van der Waals surface area contributed by atoms with Gasteiger partial charge in [0.25, 0.3) is 0 Å². The molecule has 15 heavy (non-hydrogen) atoms. The fraction of sp³-hybridized carbons (Fsp3) is 0.462. The molecule has 0 saturated heterocycles. The van der Waals surface area contributed by atoms with Gasteiger partial charge >= 0.3 is 0 Å². The molecular formula is C13H17FO. The molecule has 0 aliphatic heterocycles. The van der Waals surface area contributed by atoms with Crippen LogP contribution in [0.3, 0.4) is 0 Å². The molecule has 2 heteroatoms. The first-order valence-electron chi connectivity index (χ1n) is 5.28. The van der Waals surface area contributed by atoms with Gasteiger partial charge in [-0.2, -0.15) is 0 Å². The summed E-state index contributed by atoms with van der Waals surface area (Å²) >= 11 is 0. The highest BCUT2D eigenvalue weighted by Crippen LogP contribution is 2.31. The van der Waals surface area contributed by atoms with E-state index < -0.39 is 5.41 Å². The summed E-state index contributed by atoms with van der Waals surface area (Å²) in [4.78, 5) is 11.6. The molecule has 1 aromatic carbocycles. The molecule has 0 saturated carbocycles. The molecule has 0 heterocycles. The van der Waals surface area contributed by atoms with Crippen LogP contribution in [0.1, 0.15) is 39.2 Å². The Morgan fingerprint density at radius 1 is 1.40 bits per heavy atom. The average molecular weight is 208 g/mol. The number of Topliss-reactive ketones (excluding diaryl/α,β-unsaturated/α-hetero) is 1. The molecule has 0 N–H and O–H groups in total. The maximum Gasteiger partial charge on any atom is 0.140 e. The lowest BCUT2D eigenvalue weighted by atomic mass is 9.75. The van der Waals surface area contributed by atoms with E-state index in [0.29, 0.717) is 12.0 Å². The number of benzene rings is 1. The molecule has 1 aromatic rings. The van der Waals surface area contributed by atoms with E-state index in [4.69, 9.17) is 0 Å². The molecular weight excluding hydrogens is 191 g/mol. The summed E-state index contributed by atoms with van der Waals surface area (Å²) < 4.78 is 13.6. The monoisotopic (exact) mass is 208 g/mol. The second-order valence-corrected chi connectivity index (χ2v) is 4.12. The van der Waals surface area contributed by atoms with Gasteiger partial charge in [0.15, 0.2) is 0 Å². The molecule has 82 valence electrons. The van der Waals surface area contributed by atoms with Crippen LogP contribution in [0.4, 0.5) is 4.39 Å². The summed E-state index contributed by atoms with van der Waals surface area (Å²) in [5.41, 5.74) is -0.167. The van der Waals surface area contributed by atoms with Crippen LogP contribution in [0.5, 0.6) is 0 Å². The zero-order valence-electron chi connectivity index (χ0n) is 9.51. The molecule has 0 aliphatic carbocycles. The van der Waals surface area contributed by atoms with Crippen molar-refractivity contribution in [2.24, 2.45) is 0 Å². The lowest BCUT2D eigenvalue weighted by molar-refractivity contribution is -0.122. The van der Waals surface area contributed by atoms with E-state index in [1.54, 1.807) is 18.2 Å². The van der Waals surface area contributed by atoms with Gasteiger partial charge in [0.05, 0.1) is 5.41 Å². The number of carbonyl (C=O) groups excluding carboxylic acids is 1. The Hall–Kier alpha value is -1.18. The van der Waals surface area contributed by atoms with Gasteiger partial charge in [-0.15, -0.1) is 0 Å². The minimum absolute atomic E-state index is 0.0226. The first-order chi connectivity index (χ1) is 7.02. The van der Waals surface area contributed by atoms with Crippen LogP contribution in [-0.4, -0.2) is 5.78 Å². The molecule has 0 radical (unpaired) electrons. The summed E-state index contributed by atoms with van der Waals surface area (Å²) in [6.45, 7) is 5.35. The van der Waals surface area contributed by atoms with Gasteiger partial charge in [-0.3, -0.25) is 4.79 Å². The van der Waals surface area contributed by atoms with Crippen molar-refractivity contribution in [1.29, 1.82) is 0 Å². The van der Waals surface area contributed by atoms with Crippen molar-refractivity contribution in [1.82, 2.24) is 0 Å². The molecule has 1 atom stereocenters. The largest absolute Gasteiger partial charge is 0.299 e. The third-order valence-electron chi connectivity index (χ3n) is 3.00. The third kappa shape index (κ3) is 2.25. The summed E-state index contributed by atoms with van der Waals surface area (Å²) in [5, 5.41) is 0. The molecule has 0 bridgehead atoms. The van der Waals surface area contributed by atoms with E-state index in [-0.39, 0.29) is 11.6 Å². The van der Waals surface area contributed by atoms with Crippen LogP contribution >= 0.6 is 0 Å². The highest BCUT2D eigenvalue weighted by molar-refractivity contribution is 5.87. The van der Waals surface area contributed by atoms with Crippen molar-refractivity contribution in [3.63, 3.8) is 0 Å². The highest BCUT2D eigenvalue weighted by Gasteiger charge is 2.33. The SMILES string of the molecule is CCCC(C)(C(C)=O)c1ccccc1F. The average Bonchev–Trinajstić information content (AvgIpc) is 2.18. The van der Waals surface area contributed by atoms with Crippen molar-refractivity contribution < 1.29 is 9.18 Å². The quantitative estimate of drug-likeness (QED) is 0.740. The van der Waals surface area contributed by atoms with Crippen molar-refractivity contribution in [2.45, 2.75) is 39.0 Å². The maximum absolute atomic E-state index is 13.6. The summed E-state index contributed by atoms with van der Waals surface area (Å²) in [6.07, 6.45) is 1.55. The van der Waals surface area contributed by atoms with E-state index in [9.17, 15) is 9.18 Å². The summed E-state index contributed by atoms with van der Waals surface area (Å²) in [7, 11) is 0. The Morgan fingerprint density at radius 2 is 2.00 bits per heavy atom. The first-order valence-corrected chi connectivity index (χ1v) is 5.28. The number of hydrogen-bond donors (Lipinski definition) is 0. The smallest absolute Gasteiger partial charge is 0.140 e. The van der Waals surface area contributed by atoms with E-state index in [1.165, 1.54) is 13.0 Å². The van der Waals surface area contributed by atoms with Gasteiger partial charge in [0.1, 0.15) is 11.6 Å². The Morgan fingerprint density at radius 3 is 2.47 bits per heavy atom. The van der Waals surface area contributed by atoms with Gasteiger partial charge in [0.2, 0.25) is 0 Å². The van der Waals surface area contributed by atoms with Crippen molar-refractivity contribution in [2.75, 3.05) is 0 Å². The standard InChI is InChI=1S/C13H17FO/c1-4-9-13(3,10(2)15)11-7-5-6-8-12(11)14/h5-8H,4,9H2,1-3H3. The number of rotatable bonds is 4. The Balaban J connectivity index is 3.21. The predicted molar refractivity (Wildman–Crippen MR) is 59.3 cm³/mol. The first kappa shape index (κ1) is 11.9. The Labute approximate surface area is 90.3 Å². The van der Waals surface area contributed by atoms with Gasteiger partial charge in [-0.1, -0.05) is 31.5 Å². The molecule has 0 fully saturated rings. The lowest BCUT2D eigenvalue weighted by Gasteiger charge is -2.27. The van der Waals surface area contributed by atoms with E-state index in [0.717, 1.165) is 6.42 Å². The molecule has 0 aromatic heterocycles. The minimum atomic E-state index is -0.680. The number of hydrogen-bond acceptors (Lipinski definition) is 1. The highest BCUT2D eigenvalue weighted by atomic mass is 19.1. The number of ketones is 1. The van der Waals surface area contributed by atoms with Crippen LogP contribution in [0, 0.1) is 5.82 Å². The zero-order valence-corrected chi connectivity index (χ0v) is 9.51. The van der Waals surface area contributed by atoms with E-state index >= 15 is 0 Å². The fourth-order valence-corrected chi connectivity index (χ4v) is 1.91. The molecule has 1 unspecified atom stereocenters. The van der Waals surface area contributed by atoms with Crippen LogP contribution in [0.15, 0.2) is 24.3 Å². The summed E-state index contributed by atoms with van der Waals surface area (Å²) in [6, 6.07) is 6.53. The second-order valence-electron chi connectivity index (χ2n) is 4.12. The Bertz CT molecular complexity index is 359. The van der Waals surface area contributed by atoms with Crippen LogP contribution in [0.25, 0.3) is 0 Å². The molecule has 0 aliphatic rings. The fourth-order valence-electron chi connectivity index (χ4n) is 1.91. The lowest BCUT2D eigenvalue weighted by Crippen LogP contribution is -2.31. The van der Waals surface area contributed by atoms with Gasteiger partial charge in [0, 0.05) is 5.56 Å². The second kappa shape index (κ2) is 4.56. The van der Waals surface area contributed by atoms with Crippen molar-refractivity contribution >= 4 is 5.78 Å². The minimum Gasteiger partial charge on any atom is -0.299 e. The van der Waals surface area contributed by atoms with Gasteiger partial charge in [-0.05, 0) is 26.3 Å². The van der Waals surface area contributed by atoms with Crippen LogP contribution in [-0.2, 0) is 10.2 Å². The van der Waals surface area contributed by atoms with E-state index in [1.807, 2.05) is 13.8 Å². The zero-order chi connectivity index (χ0) is 11.5. The predicted octanol–water partition coefficient (Wildman–Crippen LogP) is 3.47. The number of halogens is 1. The van der Waals surface area contributed by atoms with E-state index in [2.05, 4.69) is 0 Å². The normalized spacial score (nSPS) is 14.7. The van der Waals surface area contributed by atoms with Crippen molar-refractivity contribution in [3.05, 3.63) is 35.6 Å². The molecule has 0 amide bonds. The maximum atomic E-state index is 13.6. The summed E-state index contributed by atoms with van der Waals surface area (Å²) in [5.74, 6) is -0.266. The van der Waals surface area contributed by atoms with Crippen LogP contribution < -0.4 is 0 Å². The molecule has 0 spiro atoms. The van der Waals surface area contributed by atoms with Gasteiger partial charge < -0.3 is 0 Å². The molecule has 1 nitrogen and oxygen atoms in total. The third-order valence-corrected chi connectivity index (χ3v) is 3.00. The van der Waals surface area contributed by atoms with Crippen LogP contribution in [0.2, 0.25) is 0 Å². The topological polar surface area (TPSA) is 17.1 Å². The van der Waals surface area contributed by atoms with Gasteiger partial charge in [-0.25, -0.2) is 4.39 Å². The number of carbonyl (C=O) groups is 1.